The minimum atomic E-state index is -0.435. The van der Waals surface area contributed by atoms with Gasteiger partial charge in [-0.3, -0.25) is 4.79 Å². The third kappa shape index (κ3) is 4.21. The van der Waals surface area contributed by atoms with Gasteiger partial charge in [-0.1, -0.05) is 35.9 Å². The summed E-state index contributed by atoms with van der Waals surface area (Å²) in [7, 11) is 0. The van der Waals surface area contributed by atoms with Crippen molar-refractivity contribution in [2.75, 3.05) is 10.6 Å². The Hall–Kier alpha value is -3.06. The molecular formula is C19H19N3O. The number of rotatable bonds is 4. The Kier molecular flexibility index (Phi) is 5.16. The zero-order valence-corrected chi connectivity index (χ0v) is 13.5. The monoisotopic (exact) mass is 305 g/mol. The van der Waals surface area contributed by atoms with Gasteiger partial charge in [0.05, 0.1) is 0 Å². The van der Waals surface area contributed by atoms with Crippen LogP contribution in [0.4, 0.5) is 11.4 Å². The maximum atomic E-state index is 12.2. The topological polar surface area (TPSA) is 64.9 Å². The number of anilines is 2. The zero-order chi connectivity index (χ0) is 16.8. The highest BCUT2D eigenvalue weighted by Crippen LogP contribution is 2.19. The van der Waals surface area contributed by atoms with Crippen molar-refractivity contribution in [2.24, 2.45) is 0 Å². The van der Waals surface area contributed by atoms with E-state index < -0.39 is 5.91 Å². The Morgan fingerprint density at radius 3 is 2.22 bits per heavy atom. The molecule has 0 bridgehead atoms. The predicted molar refractivity (Wildman–Crippen MR) is 93.0 cm³/mol. The van der Waals surface area contributed by atoms with E-state index in [4.69, 9.17) is 0 Å². The minimum absolute atomic E-state index is 0.0215. The fourth-order valence-corrected chi connectivity index (χ4v) is 2.17. The molecule has 116 valence electrons. The van der Waals surface area contributed by atoms with E-state index in [1.165, 1.54) is 6.20 Å². The second kappa shape index (κ2) is 7.28. The molecule has 0 aromatic heterocycles. The van der Waals surface area contributed by atoms with E-state index in [9.17, 15) is 10.1 Å². The lowest BCUT2D eigenvalue weighted by Gasteiger charge is -2.10. The molecule has 0 aliphatic carbocycles. The normalized spacial score (nSPS) is 10.8. The number of nitriles is 1. The van der Waals surface area contributed by atoms with Crippen molar-refractivity contribution in [1.29, 1.82) is 5.26 Å². The summed E-state index contributed by atoms with van der Waals surface area (Å²) in [5.74, 6) is -0.435. The lowest BCUT2D eigenvalue weighted by Crippen LogP contribution is -2.14. The van der Waals surface area contributed by atoms with E-state index in [2.05, 4.69) is 10.6 Å². The molecule has 0 atom stereocenters. The van der Waals surface area contributed by atoms with Crippen LogP contribution in [0.25, 0.3) is 0 Å². The molecule has 2 aromatic carbocycles. The third-order valence-corrected chi connectivity index (χ3v) is 3.52. The predicted octanol–water partition coefficient (Wildman–Crippen LogP) is 4.07. The molecular weight excluding hydrogens is 286 g/mol. The molecule has 0 aliphatic heterocycles. The fraction of sp³-hybridized carbons (Fsp3) is 0.158. The molecule has 0 heterocycles. The average molecular weight is 305 g/mol. The zero-order valence-electron chi connectivity index (χ0n) is 13.5. The van der Waals surface area contributed by atoms with Crippen LogP contribution in [0.3, 0.4) is 0 Å². The smallest absolute Gasteiger partial charge is 0.267 e. The highest BCUT2D eigenvalue weighted by molar-refractivity contribution is 6.06. The lowest BCUT2D eigenvalue weighted by atomic mass is 10.1. The van der Waals surface area contributed by atoms with Gasteiger partial charge in [-0.25, -0.2) is 0 Å². The maximum Gasteiger partial charge on any atom is 0.267 e. The minimum Gasteiger partial charge on any atom is -0.360 e. The molecule has 1 amide bonds. The van der Waals surface area contributed by atoms with Crippen LogP contribution < -0.4 is 10.6 Å². The van der Waals surface area contributed by atoms with Crippen molar-refractivity contribution in [3.63, 3.8) is 0 Å². The van der Waals surface area contributed by atoms with Gasteiger partial charge in [-0.05, 0) is 44.0 Å². The number of benzene rings is 2. The number of aryl methyl sites for hydroxylation is 3. The Morgan fingerprint density at radius 2 is 1.65 bits per heavy atom. The molecule has 2 rings (SSSR count). The number of carbonyl (C=O) groups is 1. The van der Waals surface area contributed by atoms with Gasteiger partial charge in [0.15, 0.2) is 0 Å². The lowest BCUT2D eigenvalue weighted by molar-refractivity contribution is -0.112. The first-order valence-corrected chi connectivity index (χ1v) is 7.32. The quantitative estimate of drug-likeness (QED) is 0.661. The molecule has 2 aromatic rings. The Balaban J connectivity index is 2.14. The standard InChI is InChI=1S/C19H19N3O/c1-13-7-9-17(10-8-13)22-19(23)16(11-20)12-21-18-14(2)5-4-6-15(18)3/h4-10,12,21H,1-3H3,(H,22,23)/b16-12-. The van der Waals surface area contributed by atoms with Gasteiger partial charge in [-0.2, -0.15) is 5.26 Å². The molecule has 4 heteroatoms. The van der Waals surface area contributed by atoms with E-state index in [0.29, 0.717) is 5.69 Å². The molecule has 0 saturated heterocycles. The molecule has 23 heavy (non-hydrogen) atoms. The van der Waals surface area contributed by atoms with Crippen LogP contribution in [0.1, 0.15) is 16.7 Å². The van der Waals surface area contributed by atoms with E-state index >= 15 is 0 Å². The van der Waals surface area contributed by atoms with Gasteiger partial charge in [0.1, 0.15) is 11.6 Å². The number of carbonyl (C=O) groups excluding carboxylic acids is 1. The summed E-state index contributed by atoms with van der Waals surface area (Å²) in [6.07, 6.45) is 1.44. The van der Waals surface area contributed by atoms with E-state index in [0.717, 1.165) is 22.4 Å². The SMILES string of the molecule is Cc1ccc(NC(=O)/C(C#N)=C\Nc2c(C)cccc2C)cc1. The number of hydrogen-bond donors (Lipinski definition) is 2. The molecule has 0 radical (unpaired) electrons. The van der Waals surface area contributed by atoms with Gasteiger partial charge < -0.3 is 10.6 Å². The number of hydrogen-bond acceptors (Lipinski definition) is 3. The van der Waals surface area contributed by atoms with E-state index in [1.54, 1.807) is 12.1 Å². The van der Waals surface area contributed by atoms with Crippen LogP contribution in [0.15, 0.2) is 54.2 Å². The van der Waals surface area contributed by atoms with Gasteiger partial charge in [0.2, 0.25) is 0 Å². The van der Waals surface area contributed by atoms with E-state index in [-0.39, 0.29) is 5.57 Å². The number of para-hydroxylation sites is 1. The van der Waals surface area contributed by atoms with Crippen molar-refractivity contribution in [3.05, 3.63) is 70.9 Å². The van der Waals surface area contributed by atoms with Crippen LogP contribution in [-0.4, -0.2) is 5.91 Å². The van der Waals surface area contributed by atoms with E-state index in [1.807, 2.05) is 57.2 Å². The number of nitrogens with zero attached hydrogens (tertiary/aromatic N) is 1. The van der Waals surface area contributed by atoms with Gasteiger partial charge in [0, 0.05) is 17.6 Å². The molecule has 2 N–H and O–H groups in total. The molecule has 0 spiro atoms. The van der Waals surface area contributed by atoms with Crippen LogP contribution >= 0.6 is 0 Å². The van der Waals surface area contributed by atoms with Crippen molar-refractivity contribution in [1.82, 2.24) is 0 Å². The average Bonchev–Trinajstić information content (AvgIpc) is 2.52. The van der Waals surface area contributed by atoms with Crippen LogP contribution in [0.2, 0.25) is 0 Å². The summed E-state index contributed by atoms with van der Waals surface area (Å²) in [6, 6.07) is 15.3. The Bertz CT molecular complexity index is 763. The summed E-state index contributed by atoms with van der Waals surface area (Å²) >= 11 is 0. The molecule has 0 saturated carbocycles. The largest absolute Gasteiger partial charge is 0.360 e. The van der Waals surface area contributed by atoms with Crippen molar-refractivity contribution in [2.45, 2.75) is 20.8 Å². The summed E-state index contributed by atoms with van der Waals surface area (Å²) in [6.45, 7) is 5.92. The van der Waals surface area contributed by atoms with Crippen LogP contribution in [-0.2, 0) is 4.79 Å². The number of nitrogens with one attached hydrogen (secondary N) is 2. The Morgan fingerprint density at radius 1 is 1.04 bits per heavy atom. The summed E-state index contributed by atoms with van der Waals surface area (Å²) in [4.78, 5) is 12.2. The third-order valence-electron chi connectivity index (χ3n) is 3.52. The highest BCUT2D eigenvalue weighted by Gasteiger charge is 2.10. The first-order chi connectivity index (χ1) is 11.0. The van der Waals surface area contributed by atoms with Gasteiger partial charge in [0.25, 0.3) is 5.91 Å². The maximum absolute atomic E-state index is 12.2. The highest BCUT2D eigenvalue weighted by atomic mass is 16.1. The first-order valence-electron chi connectivity index (χ1n) is 7.32. The summed E-state index contributed by atoms with van der Waals surface area (Å²) in [5.41, 5.74) is 4.80. The van der Waals surface area contributed by atoms with Crippen molar-refractivity contribution < 1.29 is 4.79 Å². The Labute approximate surface area is 136 Å². The van der Waals surface area contributed by atoms with Gasteiger partial charge >= 0.3 is 0 Å². The van der Waals surface area contributed by atoms with Crippen molar-refractivity contribution in [3.8, 4) is 6.07 Å². The molecule has 0 unspecified atom stereocenters. The summed E-state index contributed by atoms with van der Waals surface area (Å²) < 4.78 is 0. The van der Waals surface area contributed by atoms with Crippen LogP contribution in [0.5, 0.6) is 0 Å². The molecule has 0 fully saturated rings. The molecule has 0 aliphatic rings. The second-order valence-corrected chi connectivity index (χ2v) is 5.40. The summed E-state index contributed by atoms with van der Waals surface area (Å²) in [5, 5.41) is 15.0. The van der Waals surface area contributed by atoms with Crippen LogP contribution in [0, 0.1) is 32.1 Å². The first kappa shape index (κ1) is 16.3. The fourth-order valence-electron chi connectivity index (χ4n) is 2.17. The number of amides is 1. The van der Waals surface area contributed by atoms with Crippen molar-refractivity contribution >= 4 is 17.3 Å². The second-order valence-electron chi connectivity index (χ2n) is 5.40. The molecule has 4 nitrogen and oxygen atoms in total. The van der Waals surface area contributed by atoms with Gasteiger partial charge in [-0.15, -0.1) is 0 Å².